The van der Waals surface area contributed by atoms with Gasteiger partial charge < -0.3 is 10.2 Å². The van der Waals surface area contributed by atoms with Crippen molar-refractivity contribution in [3.05, 3.63) is 29.6 Å². The lowest BCUT2D eigenvalue weighted by molar-refractivity contribution is -0.109. The van der Waals surface area contributed by atoms with Crippen molar-refractivity contribution in [1.82, 2.24) is 4.98 Å². The van der Waals surface area contributed by atoms with Crippen LogP contribution < -0.4 is 0 Å². The molecule has 0 radical (unpaired) electrons. The minimum atomic E-state index is -1.08. The van der Waals surface area contributed by atoms with Crippen LogP contribution >= 0.6 is 11.8 Å². The van der Waals surface area contributed by atoms with Gasteiger partial charge >= 0.3 is 0 Å². The third kappa shape index (κ3) is 4.45. The summed E-state index contributed by atoms with van der Waals surface area (Å²) in [4.78, 5) is 14.5. The zero-order valence-electron chi connectivity index (χ0n) is 9.91. The fraction of sp³-hybridized carbons (Fsp3) is 0.417. The van der Waals surface area contributed by atoms with Crippen LogP contribution in [-0.2, 0) is 4.79 Å². The summed E-state index contributed by atoms with van der Waals surface area (Å²) in [6, 6.07) is 4.85. The molecule has 1 aromatic rings. The van der Waals surface area contributed by atoms with E-state index in [1.165, 1.54) is 19.2 Å². The van der Waals surface area contributed by atoms with Crippen LogP contribution in [0.1, 0.15) is 30.7 Å². The van der Waals surface area contributed by atoms with E-state index in [2.05, 4.69) is 4.98 Å². The number of thioether (sulfide) groups is 1. The molecule has 18 heavy (non-hydrogen) atoms. The number of nitriles is 1. The predicted octanol–water partition coefficient (Wildman–Crippen LogP) is 1.02. The van der Waals surface area contributed by atoms with Gasteiger partial charge in [0.1, 0.15) is 17.9 Å². The predicted molar refractivity (Wildman–Crippen MR) is 67.7 cm³/mol. The molecule has 0 amide bonds. The van der Waals surface area contributed by atoms with Crippen molar-refractivity contribution in [2.45, 2.75) is 25.6 Å². The number of aromatic nitrogens is 1. The fourth-order valence-corrected chi connectivity index (χ4v) is 2.04. The first-order valence-electron chi connectivity index (χ1n) is 5.40. The number of hydrogen-bond acceptors (Lipinski definition) is 6. The van der Waals surface area contributed by atoms with E-state index in [1.54, 1.807) is 6.07 Å². The Morgan fingerprint density at radius 2 is 2.33 bits per heavy atom. The van der Waals surface area contributed by atoms with E-state index in [-0.39, 0.29) is 10.8 Å². The van der Waals surface area contributed by atoms with Gasteiger partial charge in [-0.1, -0.05) is 11.8 Å². The molecule has 0 aliphatic carbocycles. The molecule has 1 rings (SSSR count). The molecule has 2 atom stereocenters. The molecule has 0 aliphatic rings. The summed E-state index contributed by atoms with van der Waals surface area (Å²) in [5, 5.41) is 28.3. The smallest absolute Gasteiger partial charge is 0.185 e. The van der Waals surface area contributed by atoms with E-state index >= 15 is 0 Å². The maximum absolute atomic E-state index is 10.7. The largest absolute Gasteiger partial charge is 0.390 e. The Morgan fingerprint density at radius 1 is 1.61 bits per heavy atom. The summed E-state index contributed by atoms with van der Waals surface area (Å²) in [7, 11) is 0. The molecule has 1 aromatic heterocycles. The minimum Gasteiger partial charge on any atom is -0.390 e. The molecule has 5 nitrogen and oxygen atoms in total. The lowest BCUT2D eigenvalue weighted by Gasteiger charge is -2.17. The Kier molecular flexibility index (Phi) is 5.78. The van der Waals surface area contributed by atoms with Gasteiger partial charge in [-0.05, 0) is 24.1 Å². The molecule has 6 heteroatoms. The van der Waals surface area contributed by atoms with Gasteiger partial charge in [0.05, 0.1) is 6.10 Å². The summed E-state index contributed by atoms with van der Waals surface area (Å²) in [6.45, 7) is 1.45. The minimum absolute atomic E-state index is 0.0210. The second-order valence-electron chi connectivity index (χ2n) is 3.73. The van der Waals surface area contributed by atoms with Crippen LogP contribution in [0.3, 0.4) is 0 Å². The average molecular weight is 266 g/mol. The van der Waals surface area contributed by atoms with Crippen LogP contribution in [0, 0.1) is 11.3 Å². The highest BCUT2D eigenvalue weighted by Crippen LogP contribution is 2.20. The van der Waals surface area contributed by atoms with E-state index in [0.29, 0.717) is 17.7 Å². The number of aliphatic hydroxyl groups is 2. The average Bonchev–Trinajstić information content (AvgIpc) is 2.37. The molecule has 0 spiro atoms. The van der Waals surface area contributed by atoms with E-state index < -0.39 is 12.2 Å². The standard InChI is InChI=1S/C12H14N2O3S/c1-8(15)18-5-3-11(16)12(17)9-2-4-14-10(6-9)7-13/h2,4,6,11-12,16-17H,3,5H2,1H3. The van der Waals surface area contributed by atoms with Crippen molar-refractivity contribution < 1.29 is 15.0 Å². The summed E-state index contributed by atoms with van der Waals surface area (Å²) < 4.78 is 0. The molecule has 0 aromatic carbocycles. The lowest BCUT2D eigenvalue weighted by atomic mass is 10.0. The molecule has 0 bridgehead atoms. The molecular weight excluding hydrogens is 252 g/mol. The SMILES string of the molecule is CC(=O)SCCC(O)C(O)c1ccnc(C#N)c1. The van der Waals surface area contributed by atoms with E-state index in [1.807, 2.05) is 6.07 Å². The number of carbonyl (C=O) groups excluding carboxylic acids is 1. The number of hydrogen-bond donors (Lipinski definition) is 2. The highest BCUT2D eigenvalue weighted by molar-refractivity contribution is 8.13. The van der Waals surface area contributed by atoms with Gasteiger partial charge in [-0.3, -0.25) is 4.79 Å². The van der Waals surface area contributed by atoms with Crippen LogP contribution in [0.25, 0.3) is 0 Å². The van der Waals surface area contributed by atoms with Crippen LogP contribution in [0.5, 0.6) is 0 Å². The Labute approximate surface area is 109 Å². The third-order valence-corrected chi connectivity index (χ3v) is 3.17. The van der Waals surface area contributed by atoms with Crippen molar-refractivity contribution in [3.8, 4) is 6.07 Å². The first-order chi connectivity index (χ1) is 8.54. The van der Waals surface area contributed by atoms with Gasteiger partial charge in [0.2, 0.25) is 0 Å². The van der Waals surface area contributed by atoms with Gasteiger partial charge in [0, 0.05) is 18.9 Å². The molecular formula is C12H14N2O3S. The normalized spacial score (nSPS) is 13.7. The molecule has 0 fully saturated rings. The maximum Gasteiger partial charge on any atom is 0.185 e. The van der Waals surface area contributed by atoms with Crippen LogP contribution in [0.2, 0.25) is 0 Å². The van der Waals surface area contributed by atoms with Crippen molar-refractivity contribution >= 4 is 16.9 Å². The molecule has 2 unspecified atom stereocenters. The number of carbonyl (C=O) groups is 1. The van der Waals surface area contributed by atoms with Crippen LogP contribution in [0.4, 0.5) is 0 Å². The van der Waals surface area contributed by atoms with Gasteiger partial charge in [0.25, 0.3) is 0 Å². The molecule has 0 aliphatic heterocycles. The highest BCUT2D eigenvalue weighted by atomic mass is 32.2. The molecule has 0 saturated carbocycles. The number of rotatable bonds is 5. The summed E-state index contributed by atoms with van der Waals surface area (Å²) in [6.07, 6.45) is -0.331. The zero-order valence-corrected chi connectivity index (χ0v) is 10.7. The van der Waals surface area contributed by atoms with Crippen molar-refractivity contribution in [2.75, 3.05) is 5.75 Å². The molecule has 1 heterocycles. The number of pyridine rings is 1. The second-order valence-corrected chi connectivity index (χ2v) is 5.00. The first kappa shape index (κ1) is 14.6. The summed E-state index contributed by atoms with van der Waals surface area (Å²) >= 11 is 1.11. The second kappa shape index (κ2) is 7.11. The molecule has 2 N–H and O–H groups in total. The van der Waals surface area contributed by atoms with Crippen LogP contribution in [-0.4, -0.2) is 32.2 Å². The highest BCUT2D eigenvalue weighted by Gasteiger charge is 2.18. The monoisotopic (exact) mass is 266 g/mol. The van der Waals surface area contributed by atoms with Gasteiger partial charge in [0.15, 0.2) is 5.12 Å². The van der Waals surface area contributed by atoms with Crippen molar-refractivity contribution in [3.63, 3.8) is 0 Å². The van der Waals surface area contributed by atoms with Crippen molar-refractivity contribution in [1.29, 1.82) is 5.26 Å². The topological polar surface area (TPSA) is 94.2 Å². The molecule has 96 valence electrons. The van der Waals surface area contributed by atoms with Gasteiger partial charge in [-0.2, -0.15) is 5.26 Å². The van der Waals surface area contributed by atoms with Crippen molar-refractivity contribution in [2.24, 2.45) is 0 Å². The third-order valence-electron chi connectivity index (χ3n) is 2.32. The maximum atomic E-state index is 10.7. The van der Waals surface area contributed by atoms with E-state index in [4.69, 9.17) is 5.26 Å². The van der Waals surface area contributed by atoms with Gasteiger partial charge in [-0.15, -0.1) is 0 Å². The zero-order chi connectivity index (χ0) is 13.5. The Bertz CT molecular complexity index is 459. The number of aliphatic hydroxyl groups excluding tert-OH is 2. The Morgan fingerprint density at radius 3 is 2.94 bits per heavy atom. The Hall–Kier alpha value is -1.42. The van der Waals surface area contributed by atoms with Gasteiger partial charge in [-0.25, -0.2) is 4.98 Å². The first-order valence-corrected chi connectivity index (χ1v) is 6.38. The quantitative estimate of drug-likeness (QED) is 0.826. The molecule has 0 saturated heterocycles. The van der Waals surface area contributed by atoms with E-state index in [0.717, 1.165) is 11.8 Å². The Balaban J connectivity index is 2.59. The van der Waals surface area contributed by atoms with E-state index in [9.17, 15) is 15.0 Å². The lowest BCUT2D eigenvalue weighted by Crippen LogP contribution is -2.19. The number of nitrogens with zero attached hydrogens (tertiary/aromatic N) is 2. The summed E-state index contributed by atoms with van der Waals surface area (Å²) in [5.74, 6) is 0.448. The fourth-order valence-electron chi connectivity index (χ4n) is 1.40. The van der Waals surface area contributed by atoms with Crippen LogP contribution in [0.15, 0.2) is 18.3 Å². The summed E-state index contributed by atoms with van der Waals surface area (Å²) in [5.41, 5.74) is 0.638.